The summed E-state index contributed by atoms with van der Waals surface area (Å²) < 4.78 is 26.3. The third-order valence-electron chi connectivity index (χ3n) is 2.93. The second-order valence-corrected chi connectivity index (χ2v) is 7.33. The highest BCUT2D eigenvalue weighted by Gasteiger charge is 2.30. The van der Waals surface area contributed by atoms with E-state index in [0.29, 0.717) is 18.8 Å². The van der Waals surface area contributed by atoms with Crippen molar-refractivity contribution in [2.75, 3.05) is 25.4 Å². The van der Waals surface area contributed by atoms with E-state index in [1.54, 1.807) is 5.38 Å². The molecule has 1 unspecified atom stereocenters. The molecule has 5 nitrogen and oxygen atoms in total. The van der Waals surface area contributed by atoms with Gasteiger partial charge in [0.25, 0.3) is 10.0 Å². The molecule has 1 atom stereocenters. The SMILES string of the molecule is Nc1csc(S(=O)(=O)N2CCCC(CO)C2)c1. The van der Waals surface area contributed by atoms with Crippen LogP contribution in [0.15, 0.2) is 15.7 Å². The number of nitrogen functional groups attached to an aromatic ring is 1. The van der Waals surface area contributed by atoms with Crippen LogP contribution < -0.4 is 5.73 Å². The van der Waals surface area contributed by atoms with E-state index < -0.39 is 10.0 Å². The summed E-state index contributed by atoms with van der Waals surface area (Å²) in [6, 6.07) is 1.49. The smallest absolute Gasteiger partial charge is 0.252 e. The van der Waals surface area contributed by atoms with Crippen molar-refractivity contribution in [2.45, 2.75) is 17.1 Å². The maximum absolute atomic E-state index is 12.3. The van der Waals surface area contributed by atoms with Gasteiger partial charge in [0, 0.05) is 30.8 Å². The highest BCUT2D eigenvalue weighted by atomic mass is 32.2. The topological polar surface area (TPSA) is 83.6 Å². The quantitative estimate of drug-likeness (QED) is 0.852. The third kappa shape index (κ3) is 2.62. The molecule has 1 saturated heterocycles. The molecular weight excluding hydrogens is 260 g/mol. The first-order valence-corrected chi connectivity index (χ1v) is 7.81. The summed E-state index contributed by atoms with van der Waals surface area (Å²) in [6.45, 7) is 0.964. The van der Waals surface area contributed by atoms with Crippen molar-refractivity contribution >= 4 is 27.0 Å². The molecule has 2 rings (SSSR count). The van der Waals surface area contributed by atoms with Gasteiger partial charge in [0.2, 0.25) is 0 Å². The van der Waals surface area contributed by atoms with Gasteiger partial charge < -0.3 is 10.8 Å². The molecule has 0 amide bonds. The predicted molar refractivity (Wildman–Crippen MR) is 67.3 cm³/mol. The molecule has 0 radical (unpaired) electrons. The Morgan fingerprint density at radius 1 is 1.59 bits per heavy atom. The maximum Gasteiger partial charge on any atom is 0.252 e. The van der Waals surface area contributed by atoms with Gasteiger partial charge >= 0.3 is 0 Å². The van der Waals surface area contributed by atoms with Gasteiger partial charge in [-0.3, -0.25) is 0 Å². The van der Waals surface area contributed by atoms with Crippen molar-refractivity contribution in [3.8, 4) is 0 Å². The van der Waals surface area contributed by atoms with E-state index in [-0.39, 0.29) is 16.7 Å². The van der Waals surface area contributed by atoms with Crippen LogP contribution in [0.2, 0.25) is 0 Å². The van der Waals surface area contributed by atoms with Crippen LogP contribution in [0.5, 0.6) is 0 Å². The van der Waals surface area contributed by atoms with Crippen molar-refractivity contribution in [1.82, 2.24) is 4.31 Å². The molecule has 0 aliphatic carbocycles. The molecule has 0 bridgehead atoms. The van der Waals surface area contributed by atoms with E-state index in [1.807, 2.05) is 0 Å². The first-order valence-electron chi connectivity index (χ1n) is 5.49. The van der Waals surface area contributed by atoms with Crippen LogP contribution in [-0.2, 0) is 10.0 Å². The number of aliphatic hydroxyl groups is 1. The molecule has 1 aromatic heterocycles. The van der Waals surface area contributed by atoms with Crippen LogP contribution in [0, 0.1) is 5.92 Å². The lowest BCUT2D eigenvalue weighted by atomic mass is 10.0. The standard InChI is InChI=1S/C10H16N2O3S2/c11-9-4-10(16-7-9)17(14,15)12-3-1-2-8(5-12)6-13/h4,7-8,13H,1-3,5-6,11H2. The molecule has 96 valence electrons. The lowest BCUT2D eigenvalue weighted by molar-refractivity contribution is 0.165. The number of rotatable bonds is 3. The van der Waals surface area contributed by atoms with E-state index in [0.717, 1.165) is 24.2 Å². The summed E-state index contributed by atoms with van der Waals surface area (Å²) in [5, 5.41) is 10.7. The minimum Gasteiger partial charge on any atom is -0.398 e. The Bertz CT molecular complexity index is 483. The molecule has 3 N–H and O–H groups in total. The van der Waals surface area contributed by atoms with Crippen LogP contribution in [0.4, 0.5) is 5.69 Å². The number of anilines is 1. The minimum absolute atomic E-state index is 0.0403. The lowest BCUT2D eigenvalue weighted by Crippen LogP contribution is -2.40. The predicted octanol–water partition coefficient (Wildman–Crippen LogP) is 0.723. The van der Waals surface area contributed by atoms with Gasteiger partial charge in [-0.2, -0.15) is 4.31 Å². The summed E-state index contributed by atoms with van der Waals surface area (Å²) in [6.07, 6.45) is 1.68. The van der Waals surface area contributed by atoms with E-state index in [1.165, 1.54) is 10.4 Å². The fourth-order valence-electron chi connectivity index (χ4n) is 1.99. The Hall–Kier alpha value is -0.630. The molecule has 0 saturated carbocycles. The zero-order valence-electron chi connectivity index (χ0n) is 9.37. The molecule has 1 aliphatic rings. The Balaban J connectivity index is 2.21. The molecule has 1 aliphatic heterocycles. The largest absolute Gasteiger partial charge is 0.398 e. The van der Waals surface area contributed by atoms with Gasteiger partial charge in [0.1, 0.15) is 4.21 Å². The average Bonchev–Trinajstić information content (AvgIpc) is 2.76. The number of nitrogens with two attached hydrogens (primary N) is 1. The summed E-state index contributed by atoms with van der Waals surface area (Å²) in [5.74, 6) is 0.0517. The van der Waals surface area contributed by atoms with Crippen LogP contribution in [0.3, 0.4) is 0 Å². The molecule has 0 aromatic carbocycles. The van der Waals surface area contributed by atoms with Crippen LogP contribution in [0.1, 0.15) is 12.8 Å². The average molecular weight is 276 g/mol. The van der Waals surface area contributed by atoms with Gasteiger partial charge in [-0.1, -0.05) is 0 Å². The monoisotopic (exact) mass is 276 g/mol. The van der Waals surface area contributed by atoms with Gasteiger partial charge in [0.15, 0.2) is 0 Å². The summed E-state index contributed by atoms with van der Waals surface area (Å²) in [5.41, 5.74) is 6.02. The zero-order valence-corrected chi connectivity index (χ0v) is 11.0. The second-order valence-electron chi connectivity index (χ2n) is 4.25. The number of sulfonamides is 1. The van der Waals surface area contributed by atoms with Crippen LogP contribution in [0.25, 0.3) is 0 Å². The Morgan fingerprint density at radius 3 is 2.94 bits per heavy atom. The van der Waals surface area contributed by atoms with Gasteiger partial charge in [-0.15, -0.1) is 11.3 Å². The molecule has 17 heavy (non-hydrogen) atoms. The number of nitrogens with zero attached hydrogens (tertiary/aromatic N) is 1. The van der Waals surface area contributed by atoms with E-state index in [4.69, 9.17) is 10.8 Å². The first kappa shape index (κ1) is 12.8. The number of piperidine rings is 1. The van der Waals surface area contributed by atoms with Crippen molar-refractivity contribution in [1.29, 1.82) is 0 Å². The van der Waals surface area contributed by atoms with Crippen LogP contribution in [-0.4, -0.2) is 37.5 Å². The van der Waals surface area contributed by atoms with Gasteiger partial charge in [-0.05, 0) is 24.8 Å². The highest BCUT2D eigenvalue weighted by Crippen LogP contribution is 2.28. The van der Waals surface area contributed by atoms with Gasteiger partial charge in [0.05, 0.1) is 0 Å². The molecular formula is C10H16N2O3S2. The van der Waals surface area contributed by atoms with E-state index >= 15 is 0 Å². The zero-order chi connectivity index (χ0) is 12.5. The maximum atomic E-state index is 12.3. The van der Waals surface area contributed by atoms with Crippen molar-refractivity contribution in [2.24, 2.45) is 5.92 Å². The summed E-state index contributed by atoms with van der Waals surface area (Å²) in [7, 11) is -3.42. The molecule has 2 heterocycles. The summed E-state index contributed by atoms with van der Waals surface area (Å²) in [4.78, 5) is 0. The summed E-state index contributed by atoms with van der Waals surface area (Å²) >= 11 is 1.14. The van der Waals surface area contributed by atoms with E-state index in [9.17, 15) is 8.42 Å². The number of hydrogen-bond donors (Lipinski definition) is 2. The van der Waals surface area contributed by atoms with Crippen molar-refractivity contribution in [3.05, 3.63) is 11.4 Å². The first-order chi connectivity index (χ1) is 8.04. The normalized spacial score (nSPS) is 22.8. The Labute approximate surface area is 105 Å². The van der Waals surface area contributed by atoms with Crippen LogP contribution >= 0.6 is 11.3 Å². The second kappa shape index (κ2) is 4.93. The van der Waals surface area contributed by atoms with Crippen molar-refractivity contribution < 1.29 is 13.5 Å². The molecule has 1 aromatic rings. The minimum atomic E-state index is -3.42. The fraction of sp³-hybridized carbons (Fsp3) is 0.600. The Kier molecular flexibility index (Phi) is 3.72. The highest BCUT2D eigenvalue weighted by molar-refractivity contribution is 7.91. The molecule has 1 fully saturated rings. The Morgan fingerprint density at radius 2 is 2.35 bits per heavy atom. The lowest BCUT2D eigenvalue weighted by Gasteiger charge is -2.30. The molecule has 7 heteroatoms. The van der Waals surface area contributed by atoms with Crippen molar-refractivity contribution in [3.63, 3.8) is 0 Å². The number of thiophene rings is 1. The third-order valence-corrected chi connectivity index (χ3v) is 6.23. The van der Waals surface area contributed by atoms with Gasteiger partial charge in [-0.25, -0.2) is 8.42 Å². The number of aliphatic hydroxyl groups excluding tert-OH is 1. The fourth-order valence-corrected chi connectivity index (χ4v) is 4.77. The number of hydrogen-bond acceptors (Lipinski definition) is 5. The van der Waals surface area contributed by atoms with E-state index in [2.05, 4.69) is 0 Å². The molecule has 0 spiro atoms.